The monoisotopic (exact) mass is 361 g/mol. The SMILES string of the molecule is CCCC1(O)CCC2(CCN(c3ccc(OCCOC)cc3)C2=O)CC1. The highest BCUT2D eigenvalue weighted by molar-refractivity contribution is 6.00. The second-order valence-electron chi connectivity index (χ2n) is 7.80. The summed E-state index contributed by atoms with van der Waals surface area (Å²) >= 11 is 0. The van der Waals surface area contributed by atoms with Crippen LogP contribution in [0.25, 0.3) is 0 Å². The van der Waals surface area contributed by atoms with Crippen molar-refractivity contribution in [2.45, 2.75) is 57.5 Å². The van der Waals surface area contributed by atoms with E-state index in [4.69, 9.17) is 9.47 Å². The van der Waals surface area contributed by atoms with Crippen LogP contribution in [0.2, 0.25) is 0 Å². The zero-order valence-corrected chi connectivity index (χ0v) is 16.0. The lowest BCUT2D eigenvalue weighted by Gasteiger charge is -2.41. The summed E-state index contributed by atoms with van der Waals surface area (Å²) in [7, 11) is 1.65. The summed E-state index contributed by atoms with van der Waals surface area (Å²) < 4.78 is 10.6. The molecule has 1 saturated carbocycles. The van der Waals surface area contributed by atoms with Crippen molar-refractivity contribution in [3.8, 4) is 5.75 Å². The summed E-state index contributed by atoms with van der Waals surface area (Å²) in [5.41, 5.74) is 0.100. The molecule has 1 N–H and O–H groups in total. The molecule has 0 unspecified atom stereocenters. The zero-order valence-electron chi connectivity index (χ0n) is 16.0. The van der Waals surface area contributed by atoms with Crippen molar-refractivity contribution in [2.24, 2.45) is 5.41 Å². The lowest BCUT2D eigenvalue weighted by Crippen LogP contribution is -2.43. The molecule has 1 heterocycles. The van der Waals surface area contributed by atoms with Gasteiger partial charge in [0.25, 0.3) is 0 Å². The van der Waals surface area contributed by atoms with Crippen LogP contribution in [0.4, 0.5) is 5.69 Å². The molecule has 1 aromatic carbocycles. The summed E-state index contributed by atoms with van der Waals surface area (Å²) in [5, 5.41) is 10.7. The number of rotatable bonds is 7. The molecule has 1 spiro atoms. The molecule has 1 saturated heterocycles. The van der Waals surface area contributed by atoms with E-state index in [9.17, 15) is 9.90 Å². The van der Waals surface area contributed by atoms with E-state index in [2.05, 4.69) is 6.92 Å². The van der Waals surface area contributed by atoms with Gasteiger partial charge in [-0.1, -0.05) is 13.3 Å². The molecule has 1 amide bonds. The second kappa shape index (κ2) is 7.97. The first-order valence-corrected chi connectivity index (χ1v) is 9.78. The average Bonchev–Trinajstić information content (AvgIpc) is 2.96. The topological polar surface area (TPSA) is 59.0 Å². The van der Waals surface area contributed by atoms with Crippen molar-refractivity contribution in [2.75, 3.05) is 31.8 Å². The van der Waals surface area contributed by atoms with Crippen LogP contribution in [-0.4, -0.2) is 43.5 Å². The Bertz CT molecular complexity index is 605. The van der Waals surface area contributed by atoms with Gasteiger partial charge in [-0.05, 0) is 62.8 Å². The van der Waals surface area contributed by atoms with Crippen LogP contribution in [0, 0.1) is 5.41 Å². The van der Waals surface area contributed by atoms with Crippen molar-refractivity contribution in [1.82, 2.24) is 0 Å². The Kier molecular flexibility index (Phi) is 5.88. The van der Waals surface area contributed by atoms with Crippen molar-refractivity contribution >= 4 is 11.6 Å². The van der Waals surface area contributed by atoms with Gasteiger partial charge in [0.15, 0.2) is 0 Å². The molecule has 3 rings (SSSR count). The number of methoxy groups -OCH3 is 1. The molecule has 0 atom stereocenters. The normalized spacial score (nSPS) is 28.7. The highest BCUT2D eigenvalue weighted by atomic mass is 16.5. The van der Waals surface area contributed by atoms with E-state index in [1.807, 2.05) is 29.2 Å². The molecule has 0 bridgehead atoms. The molecule has 1 aliphatic carbocycles. The van der Waals surface area contributed by atoms with E-state index < -0.39 is 5.60 Å². The number of benzene rings is 1. The summed E-state index contributed by atoms with van der Waals surface area (Å²) in [6.07, 6.45) is 5.81. The number of aliphatic hydroxyl groups is 1. The number of anilines is 1. The van der Waals surface area contributed by atoms with Gasteiger partial charge < -0.3 is 19.5 Å². The highest BCUT2D eigenvalue weighted by Gasteiger charge is 2.51. The minimum absolute atomic E-state index is 0.226. The Labute approximate surface area is 156 Å². The highest BCUT2D eigenvalue weighted by Crippen LogP contribution is 2.49. The maximum Gasteiger partial charge on any atom is 0.233 e. The maximum absolute atomic E-state index is 13.1. The minimum atomic E-state index is -0.561. The van der Waals surface area contributed by atoms with Gasteiger partial charge >= 0.3 is 0 Å². The summed E-state index contributed by atoms with van der Waals surface area (Å²) in [4.78, 5) is 15.0. The Hall–Kier alpha value is -1.59. The largest absolute Gasteiger partial charge is 0.491 e. The standard InChI is InChI=1S/C21H31NO4/c1-3-8-21(24)11-9-20(10-12-21)13-14-22(19(20)23)17-4-6-18(7-5-17)26-16-15-25-2/h4-7,24H,3,8-16H2,1-2H3. The lowest BCUT2D eigenvalue weighted by atomic mass is 9.67. The first-order valence-electron chi connectivity index (χ1n) is 9.78. The zero-order chi connectivity index (χ0) is 18.6. The van der Waals surface area contributed by atoms with Crippen molar-refractivity contribution in [3.63, 3.8) is 0 Å². The molecule has 1 aromatic rings. The average molecular weight is 361 g/mol. The first kappa shape index (κ1) is 19.2. The van der Waals surface area contributed by atoms with Gasteiger partial charge in [0.1, 0.15) is 12.4 Å². The van der Waals surface area contributed by atoms with Crippen LogP contribution >= 0.6 is 0 Å². The molecule has 2 fully saturated rings. The fraction of sp³-hybridized carbons (Fsp3) is 0.667. The fourth-order valence-corrected chi connectivity index (χ4v) is 4.41. The third-order valence-electron chi connectivity index (χ3n) is 6.07. The number of hydrogen-bond donors (Lipinski definition) is 1. The van der Waals surface area contributed by atoms with Gasteiger partial charge in [0.2, 0.25) is 5.91 Å². The van der Waals surface area contributed by atoms with Crippen LogP contribution in [-0.2, 0) is 9.53 Å². The number of ether oxygens (including phenoxy) is 2. The predicted octanol–water partition coefficient (Wildman–Crippen LogP) is 3.54. The van der Waals surface area contributed by atoms with E-state index in [0.29, 0.717) is 13.2 Å². The Balaban J connectivity index is 1.62. The predicted molar refractivity (Wildman–Crippen MR) is 102 cm³/mol. The quantitative estimate of drug-likeness (QED) is 0.755. The third kappa shape index (κ3) is 3.89. The molecule has 5 nitrogen and oxygen atoms in total. The van der Waals surface area contributed by atoms with Gasteiger partial charge in [0.05, 0.1) is 17.6 Å². The number of carbonyl (C=O) groups excluding carboxylic acids is 1. The number of amides is 1. The molecule has 2 aliphatic rings. The molecule has 26 heavy (non-hydrogen) atoms. The van der Waals surface area contributed by atoms with Crippen molar-refractivity contribution in [3.05, 3.63) is 24.3 Å². The van der Waals surface area contributed by atoms with Gasteiger partial charge in [-0.3, -0.25) is 4.79 Å². The van der Waals surface area contributed by atoms with E-state index in [1.165, 1.54) is 0 Å². The Morgan fingerprint density at radius 1 is 1.08 bits per heavy atom. The third-order valence-corrected chi connectivity index (χ3v) is 6.07. The van der Waals surface area contributed by atoms with Gasteiger partial charge in [0, 0.05) is 19.3 Å². The van der Waals surface area contributed by atoms with Crippen LogP contribution in [0.1, 0.15) is 51.9 Å². The summed E-state index contributed by atoms with van der Waals surface area (Å²) in [6, 6.07) is 7.72. The fourth-order valence-electron chi connectivity index (χ4n) is 4.41. The molecule has 144 valence electrons. The minimum Gasteiger partial charge on any atom is -0.491 e. The molecule has 1 aliphatic heterocycles. The Morgan fingerprint density at radius 2 is 1.77 bits per heavy atom. The molecular formula is C21H31NO4. The van der Waals surface area contributed by atoms with Crippen LogP contribution in [0.15, 0.2) is 24.3 Å². The van der Waals surface area contributed by atoms with Crippen LogP contribution < -0.4 is 9.64 Å². The van der Waals surface area contributed by atoms with E-state index >= 15 is 0 Å². The maximum atomic E-state index is 13.1. The summed E-state index contributed by atoms with van der Waals surface area (Å²) in [6.45, 7) is 3.93. The van der Waals surface area contributed by atoms with E-state index in [1.54, 1.807) is 7.11 Å². The summed E-state index contributed by atoms with van der Waals surface area (Å²) in [5.74, 6) is 1.01. The Morgan fingerprint density at radius 3 is 2.38 bits per heavy atom. The number of carbonyl (C=O) groups is 1. The molecule has 0 radical (unpaired) electrons. The number of nitrogens with zero attached hydrogens (tertiary/aromatic N) is 1. The van der Waals surface area contributed by atoms with Gasteiger partial charge in [-0.25, -0.2) is 0 Å². The molecular weight excluding hydrogens is 330 g/mol. The molecule has 5 heteroatoms. The van der Waals surface area contributed by atoms with Gasteiger partial charge in [-0.2, -0.15) is 0 Å². The van der Waals surface area contributed by atoms with E-state index in [0.717, 1.165) is 62.9 Å². The van der Waals surface area contributed by atoms with E-state index in [-0.39, 0.29) is 11.3 Å². The van der Waals surface area contributed by atoms with Crippen molar-refractivity contribution < 1.29 is 19.4 Å². The second-order valence-corrected chi connectivity index (χ2v) is 7.80. The first-order chi connectivity index (χ1) is 12.5. The molecule has 0 aromatic heterocycles. The van der Waals surface area contributed by atoms with Gasteiger partial charge in [-0.15, -0.1) is 0 Å². The lowest BCUT2D eigenvalue weighted by molar-refractivity contribution is -0.130. The number of hydrogen-bond acceptors (Lipinski definition) is 4. The van der Waals surface area contributed by atoms with Crippen LogP contribution in [0.5, 0.6) is 5.75 Å². The van der Waals surface area contributed by atoms with Crippen LogP contribution in [0.3, 0.4) is 0 Å². The smallest absolute Gasteiger partial charge is 0.233 e. The van der Waals surface area contributed by atoms with Crippen molar-refractivity contribution in [1.29, 1.82) is 0 Å².